The molecule has 1 aliphatic rings. The van der Waals surface area contributed by atoms with Crippen LogP contribution in [0.3, 0.4) is 0 Å². The van der Waals surface area contributed by atoms with Gasteiger partial charge in [0.25, 0.3) is 0 Å². The Morgan fingerprint density at radius 3 is 2.76 bits per heavy atom. The van der Waals surface area contributed by atoms with Crippen LogP contribution in [0.25, 0.3) is 11.1 Å². The van der Waals surface area contributed by atoms with E-state index in [2.05, 4.69) is 34.2 Å². The zero-order valence-corrected chi connectivity index (χ0v) is 13.5. The Labute approximate surface area is 130 Å². The Kier molecular flexibility index (Phi) is 3.85. The Hall–Kier alpha value is -1.62. The molecule has 0 unspecified atom stereocenters. The third-order valence-electron chi connectivity index (χ3n) is 4.76. The minimum Gasteiger partial charge on any atom is -0.382 e. The molecule has 0 bridgehead atoms. The molecule has 0 aromatic carbocycles. The zero-order valence-electron chi connectivity index (χ0n) is 12.7. The maximum atomic E-state index is 6.10. The maximum Gasteiger partial charge on any atom is 0.147 e. The van der Waals surface area contributed by atoms with Gasteiger partial charge in [-0.1, -0.05) is 26.3 Å². The lowest BCUT2D eigenvalue weighted by Gasteiger charge is -2.39. The number of piperidine rings is 1. The summed E-state index contributed by atoms with van der Waals surface area (Å²) in [5.74, 6) is 0.617. The van der Waals surface area contributed by atoms with E-state index < -0.39 is 0 Å². The second-order valence-corrected chi connectivity index (χ2v) is 6.89. The quantitative estimate of drug-likeness (QED) is 0.937. The monoisotopic (exact) mass is 302 g/mol. The van der Waals surface area contributed by atoms with Crippen LogP contribution in [0.5, 0.6) is 0 Å². The van der Waals surface area contributed by atoms with Gasteiger partial charge < -0.3 is 10.6 Å². The second-order valence-electron chi connectivity index (χ2n) is 6.14. The molecule has 0 spiro atoms. The predicted octanol–water partition coefficient (Wildman–Crippen LogP) is 3.80. The number of nitrogens with zero attached hydrogens (tertiary/aromatic N) is 3. The maximum absolute atomic E-state index is 6.10. The van der Waals surface area contributed by atoms with Crippen molar-refractivity contribution in [1.82, 2.24) is 9.36 Å². The molecule has 0 aliphatic carbocycles. The average molecular weight is 302 g/mol. The summed E-state index contributed by atoms with van der Waals surface area (Å²) in [6, 6.07) is 4.00. The molecular formula is C16H22N4S. The highest BCUT2D eigenvalue weighted by atomic mass is 32.1. The predicted molar refractivity (Wildman–Crippen MR) is 89.6 cm³/mol. The summed E-state index contributed by atoms with van der Waals surface area (Å²) in [5, 5.41) is 1.19. The van der Waals surface area contributed by atoms with Gasteiger partial charge >= 0.3 is 0 Å². The lowest BCUT2D eigenvalue weighted by Crippen LogP contribution is -2.38. The minimum atomic E-state index is 0.487. The molecule has 0 saturated carbocycles. The van der Waals surface area contributed by atoms with Crippen molar-refractivity contribution in [3.8, 4) is 11.1 Å². The number of pyridine rings is 1. The largest absolute Gasteiger partial charge is 0.382 e. The first kappa shape index (κ1) is 14.3. The molecule has 0 atom stereocenters. The summed E-state index contributed by atoms with van der Waals surface area (Å²) in [7, 11) is 0. The van der Waals surface area contributed by atoms with E-state index in [-0.39, 0.29) is 0 Å². The molecule has 3 heterocycles. The smallest absolute Gasteiger partial charge is 0.147 e. The molecule has 2 aromatic heterocycles. The summed E-state index contributed by atoms with van der Waals surface area (Å²) >= 11 is 1.51. The van der Waals surface area contributed by atoms with Crippen LogP contribution >= 0.6 is 11.5 Å². The van der Waals surface area contributed by atoms with Crippen molar-refractivity contribution in [2.45, 2.75) is 33.1 Å². The van der Waals surface area contributed by atoms with Gasteiger partial charge in [0.05, 0.1) is 5.56 Å². The summed E-state index contributed by atoms with van der Waals surface area (Å²) in [5.41, 5.74) is 8.70. The Balaban J connectivity index is 1.88. The highest BCUT2D eigenvalue weighted by Gasteiger charge is 2.30. The first-order chi connectivity index (χ1) is 10.1. The fourth-order valence-electron chi connectivity index (χ4n) is 2.89. The third kappa shape index (κ3) is 2.75. The first-order valence-electron chi connectivity index (χ1n) is 7.53. The summed E-state index contributed by atoms with van der Waals surface area (Å²) in [6.07, 6.45) is 7.36. The van der Waals surface area contributed by atoms with E-state index in [1.165, 1.54) is 35.8 Å². The molecule has 0 amide bonds. The van der Waals surface area contributed by atoms with Crippen LogP contribution in [0.15, 0.2) is 24.5 Å². The summed E-state index contributed by atoms with van der Waals surface area (Å²) < 4.78 is 4.37. The fraction of sp³-hybridized carbons (Fsp3) is 0.500. The molecule has 21 heavy (non-hydrogen) atoms. The van der Waals surface area contributed by atoms with Crippen LogP contribution in [-0.2, 0) is 0 Å². The molecule has 1 aliphatic heterocycles. The van der Waals surface area contributed by atoms with E-state index in [1.807, 2.05) is 12.3 Å². The van der Waals surface area contributed by atoms with E-state index in [4.69, 9.17) is 5.73 Å². The van der Waals surface area contributed by atoms with E-state index in [0.29, 0.717) is 11.2 Å². The molecule has 2 N–H and O–H groups in total. The minimum absolute atomic E-state index is 0.487. The van der Waals surface area contributed by atoms with Gasteiger partial charge in [-0.3, -0.25) is 4.98 Å². The van der Waals surface area contributed by atoms with Crippen LogP contribution in [0, 0.1) is 5.41 Å². The van der Waals surface area contributed by atoms with Gasteiger partial charge in [0, 0.05) is 31.0 Å². The van der Waals surface area contributed by atoms with Crippen molar-refractivity contribution in [3.05, 3.63) is 24.5 Å². The number of hydrogen-bond acceptors (Lipinski definition) is 5. The third-order valence-corrected chi connectivity index (χ3v) is 5.69. The van der Waals surface area contributed by atoms with Gasteiger partial charge in [0.2, 0.25) is 0 Å². The van der Waals surface area contributed by atoms with Gasteiger partial charge in [0.15, 0.2) is 0 Å². The summed E-state index contributed by atoms with van der Waals surface area (Å²) in [4.78, 5) is 6.65. The van der Waals surface area contributed by atoms with Crippen LogP contribution in [0.1, 0.15) is 33.1 Å². The number of rotatable bonds is 3. The van der Waals surface area contributed by atoms with E-state index >= 15 is 0 Å². The molecule has 2 aromatic rings. The Bertz CT molecular complexity index is 600. The van der Waals surface area contributed by atoms with Crippen molar-refractivity contribution < 1.29 is 0 Å². The molecule has 1 fully saturated rings. The zero-order chi connectivity index (χ0) is 14.9. The lowest BCUT2D eigenvalue weighted by molar-refractivity contribution is 0.239. The second kappa shape index (κ2) is 5.64. The number of aromatic nitrogens is 2. The number of nitrogen functional groups attached to an aromatic ring is 1. The van der Waals surface area contributed by atoms with Crippen molar-refractivity contribution in [3.63, 3.8) is 0 Å². The first-order valence-corrected chi connectivity index (χ1v) is 8.31. The summed E-state index contributed by atoms with van der Waals surface area (Å²) in [6.45, 7) is 6.85. The van der Waals surface area contributed by atoms with Crippen molar-refractivity contribution in [2.24, 2.45) is 5.41 Å². The fourth-order valence-corrected chi connectivity index (χ4v) is 3.78. The molecule has 4 nitrogen and oxygen atoms in total. The topological polar surface area (TPSA) is 55.0 Å². The van der Waals surface area contributed by atoms with Gasteiger partial charge in [-0.25, -0.2) is 0 Å². The van der Waals surface area contributed by atoms with Crippen LogP contribution < -0.4 is 10.6 Å². The molecule has 1 saturated heterocycles. The molecule has 5 heteroatoms. The standard InChI is InChI=1S/C16H22N4S/c1-3-16(2)6-9-20(10-7-16)15-13(14(17)19-21-15)12-5-4-8-18-11-12/h4-5,8,11H,3,6-7,9-10H2,1-2H3,(H2,17,19). The van der Waals surface area contributed by atoms with Gasteiger partial charge in [-0.05, 0) is 35.9 Å². The Morgan fingerprint density at radius 1 is 1.38 bits per heavy atom. The van der Waals surface area contributed by atoms with Crippen molar-refractivity contribution >= 4 is 22.4 Å². The molecule has 112 valence electrons. The molecule has 3 rings (SSSR count). The van der Waals surface area contributed by atoms with Gasteiger partial charge in [0.1, 0.15) is 10.8 Å². The van der Waals surface area contributed by atoms with Crippen molar-refractivity contribution in [1.29, 1.82) is 0 Å². The molecule has 0 radical (unpaired) electrons. The van der Waals surface area contributed by atoms with Crippen LogP contribution in [-0.4, -0.2) is 22.4 Å². The normalized spacial score (nSPS) is 17.9. The number of nitrogens with two attached hydrogens (primary N) is 1. The van der Waals surface area contributed by atoms with Gasteiger partial charge in [-0.15, -0.1) is 0 Å². The van der Waals surface area contributed by atoms with Crippen LogP contribution in [0.2, 0.25) is 0 Å². The van der Waals surface area contributed by atoms with Crippen molar-refractivity contribution in [2.75, 3.05) is 23.7 Å². The highest BCUT2D eigenvalue weighted by molar-refractivity contribution is 7.11. The SMILES string of the molecule is CCC1(C)CCN(c2snc(N)c2-c2cccnc2)CC1. The average Bonchev–Trinajstić information content (AvgIpc) is 2.91. The molecular weight excluding hydrogens is 280 g/mol. The number of anilines is 2. The van der Waals surface area contributed by atoms with E-state index in [9.17, 15) is 0 Å². The van der Waals surface area contributed by atoms with E-state index in [0.717, 1.165) is 24.2 Å². The van der Waals surface area contributed by atoms with E-state index in [1.54, 1.807) is 6.20 Å². The highest BCUT2D eigenvalue weighted by Crippen LogP contribution is 2.42. The van der Waals surface area contributed by atoms with Crippen LogP contribution in [0.4, 0.5) is 10.8 Å². The number of hydrogen-bond donors (Lipinski definition) is 1. The van der Waals surface area contributed by atoms with Gasteiger partial charge in [-0.2, -0.15) is 4.37 Å². The lowest BCUT2D eigenvalue weighted by atomic mass is 9.78. The Morgan fingerprint density at radius 2 is 2.14 bits per heavy atom.